The van der Waals surface area contributed by atoms with Gasteiger partial charge in [-0.25, -0.2) is 9.78 Å². The molecule has 0 bridgehead atoms. The van der Waals surface area contributed by atoms with Crippen molar-refractivity contribution in [3.63, 3.8) is 0 Å². The molecule has 1 atom stereocenters. The molecule has 0 spiro atoms. The molecule has 4 rings (SSSR count). The third-order valence-electron chi connectivity index (χ3n) is 4.73. The van der Waals surface area contributed by atoms with Crippen LogP contribution in [0, 0.1) is 6.92 Å². The molecule has 1 aliphatic rings. The molecule has 1 saturated heterocycles. The van der Waals surface area contributed by atoms with Crippen LogP contribution in [-0.2, 0) is 4.74 Å². The van der Waals surface area contributed by atoms with E-state index in [0.29, 0.717) is 29.6 Å². The molecule has 2 aromatic carbocycles. The van der Waals surface area contributed by atoms with Gasteiger partial charge in [-0.15, -0.1) is 0 Å². The fourth-order valence-electron chi connectivity index (χ4n) is 3.26. The second-order valence-corrected chi connectivity index (χ2v) is 7.18. The number of amides is 2. The van der Waals surface area contributed by atoms with Gasteiger partial charge in [-0.3, -0.25) is 9.69 Å². The molecule has 0 saturated carbocycles. The molecule has 2 N–H and O–H groups in total. The Hall–Kier alpha value is -3.06. The van der Waals surface area contributed by atoms with E-state index in [1.165, 1.54) is 0 Å². The van der Waals surface area contributed by atoms with Gasteiger partial charge in [0, 0.05) is 10.6 Å². The van der Waals surface area contributed by atoms with Crippen molar-refractivity contribution in [3.8, 4) is 0 Å². The van der Waals surface area contributed by atoms with Gasteiger partial charge in [-0.05, 0) is 55.8 Å². The molecule has 2 amide bonds. The molecular weight excluding hydrogens is 380 g/mol. The highest BCUT2D eigenvalue weighted by atomic mass is 35.5. The summed E-state index contributed by atoms with van der Waals surface area (Å²) in [6.07, 6.45) is -0.362. The van der Waals surface area contributed by atoms with Gasteiger partial charge in [0.15, 0.2) is 0 Å². The van der Waals surface area contributed by atoms with Crippen LogP contribution in [0.1, 0.15) is 34.7 Å². The Morgan fingerprint density at radius 2 is 2.14 bits per heavy atom. The summed E-state index contributed by atoms with van der Waals surface area (Å²) in [6, 6.07) is 10.3. The Kier molecular flexibility index (Phi) is 4.68. The quantitative estimate of drug-likeness (QED) is 0.696. The van der Waals surface area contributed by atoms with Crippen molar-refractivity contribution in [2.24, 2.45) is 0 Å². The summed E-state index contributed by atoms with van der Waals surface area (Å²) in [7, 11) is 0. The third-order valence-corrected chi connectivity index (χ3v) is 4.97. The van der Waals surface area contributed by atoms with E-state index < -0.39 is 0 Å². The molecule has 0 unspecified atom stereocenters. The minimum Gasteiger partial charge on any atom is -0.447 e. The fraction of sp³-hybridized carbons (Fsp3) is 0.250. The minimum absolute atomic E-state index is 0.218. The molecule has 1 aliphatic heterocycles. The normalized spacial score (nSPS) is 15.0. The number of carbonyl (C=O) groups excluding carboxylic acids is 2. The molecule has 144 valence electrons. The monoisotopic (exact) mass is 398 g/mol. The minimum atomic E-state index is -0.362. The second kappa shape index (κ2) is 7.16. The highest BCUT2D eigenvalue weighted by Crippen LogP contribution is 2.25. The maximum absolute atomic E-state index is 12.7. The molecule has 2 heterocycles. The van der Waals surface area contributed by atoms with E-state index in [-0.39, 0.29) is 18.0 Å². The number of anilines is 1. The number of aromatic nitrogens is 2. The molecular formula is C20H19ClN4O3. The van der Waals surface area contributed by atoms with Crippen molar-refractivity contribution in [3.05, 3.63) is 58.4 Å². The molecule has 8 heteroatoms. The average Bonchev–Trinajstić information content (AvgIpc) is 3.27. The largest absolute Gasteiger partial charge is 0.447 e. The van der Waals surface area contributed by atoms with Crippen LogP contribution in [-0.4, -0.2) is 35.1 Å². The number of benzene rings is 2. The van der Waals surface area contributed by atoms with Gasteiger partial charge < -0.3 is 15.0 Å². The smallest absolute Gasteiger partial charge is 0.414 e. The van der Waals surface area contributed by atoms with Crippen LogP contribution >= 0.6 is 11.6 Å². The van der Waals surface area contributed by atoms with Crippen LogP contribution in [0.2, 0.25) is 5.02 Å². The Morgan fingerprint density at radius 3 is 2.86 bits per heavy atom. The fourth-order valence-corrected chi connectivity index (χ4v) is 3.43. The summed E-state index contributed by atoms with van der Waals surface area (Å²) >= 11 is 6.00. The number of cyclic esters (lactones) is 1. The number of H-pyrrole nitrogens is 1. The Balaban J connectivity index is 1.50. The molecule has 3 aromatic rings. The summed E-state index contributed by atoms with van der Waals surface area (Å²) in [5.74, 6) is 0.434. The summed E-state index contributed by atoms with van der Waals surface area (Å²) < 4.78 is 4.98. The Labute approximate surface area is 166 Å². The third kappa shape index (κ3) is 3.41. The van der Waals surface area contributed by atoms with Crippen LogP contribution in [0.4, 0.5) is 10.5 Å². The maximum Gasteiger partial charge on any atom is 0.414 e. The zero-order valence-electron chi connectivity index (χ0n) is 15.5. The number of carbonyl (C=O) groups is 2. The Bertz CT molecular complexity index is 1080. The van der Waals surface area contributed by atoms with Crippen LogP contribution in [0.15, 0.2) is 36.4 Å². The number of ether oxygens (including phenoxy) is 1. The van der Waals surface area contributed by atoms with Gasteiger partial charge in [0.2, 0.25) is 0 Å². The SMILES string of the molecule is Cc1cc(C(=O)N[C@@H](C)c2nc3cc(Cl)ccc3[nH]2)ccc1N1CCOC1=O. The zero-order chi connectivity index (χ0) is 19.8. The highest BCUT2D eigenvalue weighted by molar-refractivity contribution is 6.31. The maximum atomic E-state index is 12.7. The van der Waals surface area contributed by atoms with Crippen molar-refractivity contribution >= 4 is 40.3 Å². The van der Waals surface area contributed by atoms with Gasteiger partial charge in [-0.1, -0.05) is 11.6 Å². The number of hydrogen-bond acceptors (Lipinski definition) is 4. The number of imidazole rings is 1. The van der Waals surface area contributed by atoms with Crippen LogP contribution in [0.5, 0.6) is 0 Å². The van der Waals surface area contributed by atoms with Gasteiger partial charge in [0.05, 0.1) is 29.3 Å². The van der Waals surface area contributed by atoms with Crippen molar-refractivity contribution in [1.29, 1.82) is 0 Å². The topological polar surface area (TPSA) is 87.3 Å². The van der Waals surface area contributed by atoms with E-state index in [1.807, 2.05) is 19.9 Å². The molecule has 0 radical (unpaired) electrons. The van der Waals surface area contributed by atoms with Gasteiger partial charge in [-0.2, -0.15) is 0 Å². The van der Waals surface area contributed by atoms with Gasteiger partial charge >= 0.3 is 6.09 Å². The van der Waals surface area contributed by atoms with Crippen molar-refractivity contribution < 1.29 is 14.3 Å². The van der Waals surface area contributed by atoms with Crippen LogP contribution < -0.4 is 10.2 Å². The molecule has 7 nitrogen and oxygen atoms in total. The van der Waals surface area contributed by atoms with Crippen molar-refractivity contribution in [2.75, 3.05) is 18.1 Å². The van der Waals surface area contributed by atoms with Crippen LogP contribution in [0.25, 0.3) is 11.0 Å². The number of nitrogens with zero attached hydrogens (tertiary/aromatic N) is 2. The first-order chi connectivity index (χ1) is 13.4. The molecule has 1 aromatic heterocycles. The number of hydrogen-bond donors (Lipinski definition) is 2. The lowest BCUT2D eigenvalue weighted by molar-refractivity contribution is 0.0938. The number of aryl methyl sites for hydroxylation is 1. The number of rotatable bonds is 4. The highest BCUT2D eigenvalue weighted by Gasteiger charge is 2.25. The lowest BCUT2D eigenvalue weighted by Gasteiger charge is -2.17. The van der Waals surface area contributed by atoms with Crippen molar-refractivity contribution in [1.82, 2.24) is 15.3 Å². The predicted octanol–water partition coefficient (Wildman–Crippen LogP) is 3.97. The van der Waals surface area contributed by atoms with E-state index in [4.69, 9.17) is 16.3 Å². The number of aromatic amines is 1. The van der Waals surface area contributed by atoms with E-state index in [2.05, 4.69) is 15.3 Å². The van der Waals surface area contributed by atoms with E-state index in [0.717, 1.165) is 22.3 Å². The zero-order valence-corrected chi connectivity index (χ0v) is 16.2. The summed E-state index contributed by atoms with van der Waals surface area (Å²) in [5, 5.41) is 3.55. The number of halogens is 1. The molecule has 0 aliphatic carbocycles. The van der Waals surface area contributed by atoms with E-state index in [1.54, 1.807) is 35.2 Å². The molecule has 28 heavy (non-hydrogen) atoms. The van der Waals surface area contributed by atoms with Gasteiger partial charge in [0.25, 0.3) is 5.91 Å². The number of fused-ring (bicyclic) bond motifs is 1. The first-order valence-corrected chi connectivity index (χ1v) is 9.31. The predicted molar refractivity (Wildman–Crippen MR) is 107 cm³/mol. The van der Waals surface area contributed by atoms with E-state index in [9.17, 15) is 9.59 Å². The van der Waals surface area contributed by atoms with Gasteiger partial charge in [0.1, 0.15) is 12.4 Å². The van der Waals surface area contributed by atoms with E-state index >= 15 is 0 Å². The summed E-state index contributed by atoms with van der Waals surface area (Å²) in [5.41, 5.74) is 3.71. The lowest BCUT2D eigenvalue weighted by Crippen LogP contribution is -2.28. The number of nitrogens with one attached hydrogen (secondary N) is 2. The Morgan fingerprint density at radius 1 is 1.32 bits per heavy atom. The summed E-state index contributed by atoms with van der Waals surface area (Å²) in [4.78, 5) is 33.7. The second-order valence-electron chi connectivity index (χ2n) is 6.75. The summed E-state index contributed by atoms with van der Waals surface area (Å²) in [6.45, 7) is 4.61. The van der Waals surface area contributed by atoms with Crippen LogP contribution in [0.3, 0.4) is 0 Å². The first kappa shape index (κ1) is 18.3. The average molecular weight is 399 g/mol. The van der Waals surface area contributed by atoms with Crippen molar-refractivity contribution in [2.45, 2.75) is 19.9 Å². The molecule has 1 fully saturated rings. The standard InChI is InChI=1S/C20H19ClN4O3/c1-11-9-13(3-6-17(11)25-7-8-28-20(25)27)19(26)22-12(2)18-23-15-5-4-14(21)10-16(15)24-18/h3-6,9-10,12H,7-8H2,1-2H3,(H,22,26)(H,23,24)/t12-/m0/s1. The first-order valence-electron chi connectivity index (χ1n) is 8.93. The lowest BCUT2D eigenvalue weighted by atomic mass is 10.1.